The predicted molar refractivity (Wildman–Crippen MR) is 73.1 cm³/mol. The van der Waals surface area contributed by atoms with Gasteiger partial charge in [0.2, 0.25) is 0 Å². The Labute approximate surface area is 112 Å². The fraction of sp³-hybridized carbons (Fsp3) is 0.250. The van der Waals surface area contributed by atoms with Crippen LogP contribution < -0.4 is 5.32 Å². The number of hydrogen-bond acceptors (Lipinski definition) is 1. The van der Waals surface area contributed by atoms with E-state index in [-0.39, 0.29) is 6.04 Å². The minimum absolute atomic E-state index is 0.133. The van der Waals surface area contributed by atoms with Crippen LogP contribution in [0.4, 0.5) is 8.78 Å². The Morgan fingerprint density at radius 3 is 2.42 bits per heavy atom. The number of aryl methyl sites for hydroxylation is 1. The van der Waals surface area contributed by atoms with E-state index in [0.29, 0.717) is 0 Å². The molecule has 2 aromatic rings. The monoisotopic (exact) mass is 261 g/mol. The van der Waals surface area contributed by atoms with Crippen LogP contribution in [0, 0.1) is 11.6 Å². The molecule has 0 amide bonds. The Kier molecular flexibility index (Phi) is 4.27. The smallest absolute Gasteiger partial charge is 0.159 e. The van der Waals surface area contributed by atoms with Crippen molar-refractivity contribution in [1.82, 2.24) is 5.32 Å². The SMILES string of the molecule is CCc1ccccc1C(NC)c1ccc(F)c(F)c1. The predicted octanol–water partition coefficient (Wildman–Crippen LogP) is 3.84. The summed E-state index contributed by atoms with van der Waals surface area (Å²) in [5, 5.41) is 3.17. The molecule has 0 bridgehead atoms. The maximum Gasteiger partial charge on any atom is 0.159 e. The lowest BCUT2D eigenvalue weighted by Crippen LogP contribution is -2.19. The summed E-state index contributed by atoms with van der Waals surface area (Å²) in [6, 6.07) is 11.9. The maximum absolute atomic E-state index is 13.4. The number of benzene rings is 2. The zero-order valence-electron chi connectivity index (χ0n) is 11.1. The summed E-state index contributed by atoms with van der Waals surface area (Å²) >= 11 is 0. The summed E-state index contributed by atoms with van der Waals surface area (Å²) in [7, 11) is 1.82. The standard InChI is InChI=1S/C16H17F2N/c1-3-11-6-4-5-7-13(11)16(19-2)12-8-9-14(17)15(18)10-12/h4-10,16,19H,3H2,1-2H3. The van der Waals surface area contributed by atoms with Crippen LogP contribution in [0.1, 0.15) is 29.7 Å². The average Bonchev–Trinajstić information content (AvgIpc) is 2.44. The van der Waals surface area contributed by atoms with E-state index >= 15 is 0 Å². The first-order valence-electron chi connectivity index (χ1n) is 6.37. The van der Waals surface area contributed by atoms with Crippen molar-refractivity contribution >= 4 is 0 Å². The highest BCUT2D eigenvalue weighted by Crippen LogP contribution is 2.26. The van der Waals surface area contributed by atoms with Crippen LogP contribution in [-0.2, 0) is 6.42 Å². The first-order valence-corrected chi connectivity index (χ1v) is 6.37. The highest BCUT2D eigenvalue weighted by Gasteiger charge is 2.16. The molecular weight excluding hydrogens is 244 g/mol. The van der Waals surface area contributed by atoms with Crippen molar-refractivity contribution < 1.29 is 8.78 Å². The van der Waals surface area contributed by atoms with Gasteiger partial charge in [-0.2, -0.15) is 0 Å². The van der Waals surface area contributed by atoms with Gasteiger partial charge in [-0.05, 0) is 42.3 Å². The van der Waals surface area contributed by atoms with E-state index in [4.69, 9.17) is 0 Å². The van der Waals surface area contributed by atoms with Gasteiger partial charge in [0.1, 0.15) is 0 Å². The van der Waals surface area contributed by atoms with E-state index < -0.39 is 11.6 Å². The molecule has 0 saturated carbocycles. The second-order valence-corrected chi connectivity index (χ2v) is 4.45. The van der Waals surface area contributed by atoms with E-state index in [1.165, 1.54) is 17.7 Å². The zero-order chi connectivity index (χ0) is 13.8. The van der Waals surface area contributed by atoms with Crippen molar-refractivity contribution in [3.63, 3.8) is 0 Å². The molecule has 1 N–H and O–H groups in total. The average molecular weight is 261 g/mol. The van der Waals surface area contributed by atoms with Gasteiger partial charge in [0, 0.05) is 0 Å². The third-order valence-corrected chi connectivity index (χ3v) is 3.31. The van der Waals surface area contributed by atoms with Crippen molar-refractivity contribution in [2.45, 2.75) is 19.4 Å². The van der Waals surface area contributed by atoms with Gasteiger partial charge < -0.3 is 5.32 Å². The molecule has 0 fully saturated rings. The highest BCUT2D eigenvalue weighted by atomic mass is 19.2. The quantitative estimate of drug-likeness (QED) is 0.881. The second kappa shape index (κ2) is 5.93. The Bertz CT molecular complexity index is 566. The first kappa shape index (κ1) is 13.7. The number of rotatable bonds is 4. The molecule has 19 heavy (non-hydrogen) atoms. The summed E-state index contributed by atoms with van der Waals surface area (Å²) in [5.74, 6) is -1.63. The van der Waals surface area contributed by atoms with Gasteiger partial charge in [0.25, 0.3) is 0 Å². The summed E-state index contributed by atoms with van der Waals surface area (Å²) in [5.41, 5.74) is 3.02. The molecule has 0 aromatic heterocycles. The number of nitrogens with one attached hydrogen (secondary N) is 1. The van der Waals surface area contributed by atoms with E-state index in [0.717, 1.165) is 17.5 Å². The molecule has 2 aromatic carbocycles. The molecule has 1 atom stereocenters. The molecule has 2 rings (SSSR count). The topological polar surface area (TPSA) is 12.0 Å². The van der Waals surface area contributed by atoms with Crippen LogP contribution in [0.3, 0.4) is 0 Å². The van der Waals surface area contributed by atoms with Crippen molar-refractivity contribution in [3.8, 4) is 0 Å². The minimum Gasteiger partial charge on any atom is -0.309 e. The van der Waals surface area contributed by atoms with Crippen molar-refractivity contribution in [2.24, 2.45) is 0 Å². The minimum atomic E-state index is -0.817. The van der Waals surface area contributed by atoms with Gasteiger partial charge in [-0.1, -0.05) is 37.3 Å². The van der Waals surface area contributed by atoms with Crippen LogP contribution in [0.2, 0.25) is 0 Å². The van der Waals surface area contributed by atoms with Crippen molar-refractivity contribution in [1.29, 1.82) is 0 Å². The largest absolute Gasteiger partial charge is 0.309 e. The molecule has 100 valence electrons. The zero-order valence-corrected chi connectivity index (χ0v) is 11.1. The van der Waals surface area contributed by atoms with E-state index in [9.17, 15) is 8.78 Å². The Morgan fingerprint density at radius 1 is 1.05 bits per heavy atom. The normalized spacial score (nSPS) is 12.4. The van der Waals surface area contributed by atoms with Gasteiger partial charge in [-0.25, -0.2) is 8.78 Å². The number of halogens is 2. The summed E-state index contributed by atoms with van der Waals surface area (Å²) in [6.07, 6.45) is 0.901. The van der Waals surface area contributed by atoms with Crippen molar-refractivity contribution in [2.75, 3.05) is 7.05 Å². The molecule has 1 nitrogen and oxygen atoms in total. The van der Waals surface area contributed by atoms with Gasteiger partial charge in [0.05, 0.1) is 6.04 Å². The highest BCUT2D eigenvalue weighted by molar-refractivity contribution is 5.37. The van der Waals surface area contributed by atoms with Crippen LogP contribution in [0.15, 0.2) is 42.5 Å². The van der Waals surface area contributed by atoms with Gasteiger partial charge in [-0.15, -0.1) is 0 Å². The fourth-order valence-corrected chi connectivity index (χ4v) is 2.33. The maximum atomic E-state index is 13.4. The summed E-state index contributed by atoms with van der Waals surface area (Å²) in [4.78, 5) is 0. The molecule has 0 spiro atoms. The lowest BCUT2D eigenvalue weighted by Gasteiger charge is -2.20. The Morgan fingerprint density at radius 2 is 1.79 bits per heavy atom. The van der Waals surface area contributed by atoms with Crippen LogP contribution >= 0.6 is 0 Å². The first-order chi connectivity index (χ1) is 9.17. The second-order valence-electron chi connectivity index (χ2n) is 4.45. The van der Waals surface area contributed by atoms with E-state index in [2.05, 4.69) is 18.3 Å². The molecule has 0 aliphatic carbocycles. The van der Waals surface area contributed by atoms with Crippen LogP contribution in [0.5, 0.6) is 0 Å². The number of hydrogen-bond donors (Lipinski definition) is 1. The van der Waals surface area contributed by atoms with E-state index in [1.807, 2.05) is 25.2 Å². The third kappa shape index (κ3) is 2.82. The van der Waals surface area contributed by atoms with Crippen LogP contribution in [0.25, 0.3) is 0 Å². The fourth-order valence-electron chi connectivity index (χ4n) is 2.33. The molecule has 0 aliphatic heterocycles. The Balaban J connectivity index is 2.46. The third-order valence-electron chi connectivity index (χ3n) is 3.31. The molecular formula is C16H17F2N. The Hall–Kier alpha value is -1.74. The molecule has 0 heterocycles. The molecule has 0 radical (unpaired) electrons. The molecule has 1 unspecified atom stereocenters. The van der Waals surface area contributed by atoms with E-state index in [1.54, 1.807) is 6.07 Å². The van der Waals surface area contributed by atoms with Gasteiger partial charge in [0.15, 0.2) is 11.6 Å². The van der Waals surface area contributed by atoms with Crippen molar-refractivity contribution in [3.05, 3.63) is 70.8 Å². The van der Waals surface area contributed by atoms with Gasteiger partial charge in [-0.3, -0.25) is 0 Å². The lowest BCUT2D eigenvalue weighted by atomic mass is 9.93. The summed E-state index contributed by atoms with van der Waals surface area (Å²) in [6.45, 7) is 2.08. The molecule has 0 aliphatic rings. The summed E-state index contributed by atoms with van der Waals surface area (Å²) < 4.78 is 26.4. The molecule has 3 heteroatoms. The van der Waals surface area contributed by atoms with Crippen LogP contribution in [-0.4, -0.2) is 7.05 Å². The van der Waals surface area contributed by atoms with Gasteiger partial charge >= 0.3 is 0 Å². The lowest BCUT2D eigenvalue weighted by molar-refractivity contribution is 0.505. The molecule has 0 saturated heterocycles.